The van der Waals surface area contributed by atoms with Gasteiger partial charge in [0.1, 0.15) is 17.3 Å². The molecule has 0 bridgehead atoms. The molecule has 0 saturated heterocycles. The van der Waals surface area contributed by atoms with Gasteiger partial charge in [-0.3, -0.25) is 4.90 Å². The number of fused-ring (bicyclic) bond motifs is 1. The van der Waals surface area contributed by atoms with Crippen molar-refractivity contribution in [2.75, 3.05) is 25.7 Å². The zero-order valence-electron chi connectivity index (χ0n) is 17.6. The maximum atomic E-state index is 13.1. The van der Waals surface area contributed by atoms with Crippen LogP contribution in [0.1, 0.15) is 17.0 Å². The first kappa shape index (κ1) is 21.0. The highest BCUT2D eigenvalue weighted by Crippen LogP contribution is 2.45. The number of anilines is 1. The number of carbonyl (C=O) groups is 2. The average Bonchev–Trinajstić information content (AvgIpc) is 3.32. The molecule has 0 amide bonds. The molecule has 2 N–H and O–H groups in total. The number of hydrogen-bond donors (Lipinski definition) is 1. The molecule has 32 heavy (non-hydrogen) atoms. The average molecular weight is 431 g/mol. The van der Waals surface area contributed by atoms with Gasteiger partial charge in [0.2, 0.25) is 0 Å². The van der Waals surface area contributed by atoms with Crippen LogP contribution in [-0.4, -0.2) is 32.8 Å². The predicted molar refractivity (Wildman–Crippen MR) is 115 cm³/mol. The van der Waals surface area contributed by atoms with Crippen LogP contribution in [0.2, 0.25) is 0 Å². The summed E-state index contributed by atoms with van der Waals surface area (Å²) >= 11 is 0. The van der Waals surface area contributed by atoms with Crippen molar-refractivity contribution in [3.8, 4) is 11.8 Å². The Labute approximate surface area is 185 Å². The van der Waals surface area contributed by atoms with Crippen molar-refractivity contribution in [1.29, 1.82) is 5.26 Å². The highest BCUT2D eigenvalue weighted by Gasteiger charge is 2.43. The highest BCUT2D eigenvalue weighted by molar-refractivity contribution is 6.06. The molecule has 8 heteroatoms. The van der Waals surface area contributed by atoms with Gasteiger partial charge in [-0.25, -0.2) is 9.59 Å². The van der Waals surface area contributed by atoms with Crippen LogP contribution < -0.4 is 15.4 Å². The lowest BCUT2D eigenvalue weighted by Gasteiger charge is -2.36. The van der Waals surface area contributed by atoms with Gasteiger partial charge in [0.05, 0.1) is 49.6 Å². The maximum absolute atomic E-state index is 13.1. The number of nitrogens with two attached hydrogens (primary N) is 1. The number of carbonyl (C=O) groups excluding carboxylic acids is 2. The van der Waals surface area contributed by atoms with Crippen molar-refractivity contribution in [2.24, 2.45) is 5.73 Å². The molecule has 2 aromatic carbocycles. The lowest BCUT2D eigenvalue weighted by Crippen LogP contribution is -2.41. The van der Waals surface area contributed by atoms with Crippen LogP contribution in [0.15, 0.2) is 71.2 Å². The fourth-order valence-electron chi connectivity index (χ4n) is 4.18. The summed E-state index contributed by atoms with van der Waals surface area (Å²) in [4.78, 5) is 27.5. The van der Waals surface area contributed by atoms with E-state index in [-0.39, 0.29) is 22.7 Å². The van der Waals surface area contributed by atoms with Crippen LogP contribution in [0.25, 0.3) is 0 Å². The topological polar surface area (TPSA) is 115 Å². The predicted octanol–water partition coefficient (Wildman–Crippen LogP) is 2.52. The largest absolute Gasteiger partial charge is 0.493 e. The SMILES string of the molecule is COC(=O)C1=C(C(=O)OC)N(c2cccc3c2CCO3)C(N)=C(C#N)C1c1ccccc1. The molecule has 1 atom stereocenters. The normalized spacial score (nSPS) is 17.4. The van der Waals surface area contributed by atoms with Crippen LogP contribution in [0.3, 0.4) is 0 Å². The van der Waals surface area contributed by atoms with Gasteiger partial charge in [-0.1, -0.05) is 36.4 Å². The molecule has 2 aliphatic heterocycles. The lowest BCUT2D eigenvalue weighted by molar-refractivity contribution is -0.139. The zero-order valence-corrected chi connectivity index (χ0v) is 17.6. The summed E-state index contributed by atoms with van der Waals surface area (Å²) in [7, 11) is 2.44. The van der Waals surface area contributed by atoms with E-state index in [0.29, 0.717) is 30.0 Å². The van der Waals surface area contributed by atoms with Gasteiger partial charge in [-0.2, -0.15) is 5.26 Å². The maximum Gasteiger partial charge on any atom is 0.355 e. The molecule has 8 nitrogen and oxygen atoms in total. The zero-order chi connectivity index (χ0) is 22.8. The molecular formula is C24H21N3O5. The molecule has 0 aliphatic carbocycles. The lowest BCUT2D eigenvalue weighted by atomic mass is 9.80. The van der Waals surface area contributed by atoms with E-state index in [0.717, 1.165) is 5.56 Å². The van der Waals surface area contributed by atoms with Crippen LogP contribution >= 0.6 is 0 Å². The number of ether oxygens (including phenoxy) is 3. The van der Waals surface area contributed by atoms with E-state index in [1.165, 1.54) is 19.1 Å². The van der Waals surface area contributed by atoms with Crippen molar-refractivity contribution in [3.05, 3.63) is 82.3 Å². The van der Waals surface area contributed by atoms with Crippen LogP contribution in [0.5, 0.6) is 5.75 Å². The van der Waals surface area contributed by atoms with E-state index in [1.807, 2.05) is 12.1 Å². The fourth-order valence-corrected chi connectivity index (χ4v) is 4.18. The van der Waals surface area contributed by atoms with Crippen molar-refractivity contribution >= 4 is 17.6 Å². The van der Waals surface area contributed by atoms with Gasteiger partial charge in [-0.05, 0) is 17.7 Å². The number of methoxy groups -OCH3 is 2. The number of nitrogens with zero attached hydrogens (tertiary/aromatic N) is 2. The van der Waals surface area contributed by atoms with Gasteiger partial charge in [0, 0.05) is 12.0 Å². The second-order valence-electron chi connectivity index (χ2n) is 7.19. The molecule has 0 fully saturated rings. The molecule has 2 aliphatic rings. The first-order valence-corrected chi connectivity index (χ1v) is 9.93. The summed E-state index contributed by atoms with van der Waals surface area (Å²) in [6, 6.07) is 16.4. The smallest absolute Gasteiger partial charge is 0.355 e. The van der Waals surface area contributed by atoms with Gasteiger partial charge in [-0.15, -0.1) is 0 Å². The fraction of sp³-hybridized carbons (Fsp3) is 0.208. The summed E-state index contributed by atoms with van der Waals surface area (Å²) in [5, 5.41) is 10.1. The van der Waals surface area contributed by atoms with Crippen molar-refractivity contribution in [2.45, 2.75) is 12.3 Å². The van der Waals surface area contributed by atoms with E-state index in [1.54, 1.807) is 36.4 Å². The summed E-state index contributed by atoms with van der Waals surface area (Å²) in [6.45, 7) is 0.475. The molecule has 162 valence electrons. The van der Waals surface area contributed by atoms with Crippen LogP contribution in [0.4, 0.5) is 5.69 Å². The number of hydrogen-bond acceptors (Lipinski definition) is 8. The Kier molecular flexibility index (Phi) is 5.56. The summed E-state index contributed by atoms with van der Waals surface area (Å²) in [5.74, 6) is -1.74. The number of rotatable bonds is 4. The summed E-state index contributed by atoms with van der Waals surface area (Å²) in [5.41, 5.74) is 8.51. The molecule has 4 rings (SSSR count). The van der Waals surface area contributed by atoms with Crippen molar-refractivity contribution in [1.82, 2.24) is 0 Å². The van der Waals surface area contributed by atoms with Crippen LogP contribution in [-0.2, 0) is 25.5 Å². The van der Waals surface area contributed by atoms with Crippen LogP contribution in [0, 0.1) is 11.3 Å². The molecule has 2 aromatic rings. The monoisotopic (exact) mass is 431 g/mol. The minimum Gasteiger partial charge on any atom is -0.493 e. The first-order valence-electron chi connectivity index (χ1n) is 9.93. The van der Waals surface area contributed by atoms with E-state index < -0.39 is 17.9 Å². The number of benzene rings is 2. The molecule has 0 radical (unpaired) electrons. The van der Waals surface area contributed by atoms with Crippen molar-refractivity contribution < 1.29 is 23.8 Å². The third kappa shape index (κ3) is 3.24. The van der Waals surface area contributed by atoms with E-state index in [2.05, 4.69) is 6.07 Å². The Morgan fingerprint density at radius 2 is 1.81 bits per heavy atom. The van der Waals surface area contributed by atoms with Gasteiger partial charge in [0.15, 0.2) is 0 Å². The number of esters is 2. The second-order valence-corrected chi connectivity index (χ2v) is 7.19. The Balaban J connectivity index is 2.07. The molecule has 0 aromatic heterocycles. The quantitative estimate of drug-likeness (QED) is 0.735. The molecule has 2 heterocycles. The van der Waals surface area contributed by atoms with Gasteiger partial charge in [0.25, 0.3) is 0 Å². The number of allylic oxidation sites excluding steroid dienone is 1. The summed E-state index contributed by atoms with van der Waals surface area (Å²) in [6.07, 6.45) is 0.585. The van der Waals surface area contributed by atoms with Gasteiger partial charge >= 0.3 is 11.9 Å². The minimum atomic E-state index is -0.896. The second kappa shape index (κ2) is 8.47. The van der Waals surface area contributed by atoms with Crippen molar-refractivity contribution in [3.63, 3.8) is 0 Å². The van der Waals surface area contributed by atoms with E-state index in [4.69, 9.17) is 19.9 Å². The molecule has 1 unspecified atom stereocenters. The standard InChI is InChI=1S/C24H21N3O5/c1-30-23(28)20-19(14-7-4-3-5-8-14)16(13-25)22(26)27(21(20)24(29)31-2)17-9-6-10-18-15(17)11-12-32-18/h3-10,19H,11-12,26H2,1-2H3. The summed E-state index contributed by atoms with van der Waals surface area (Å²) < 4.78 is 15.7. The Morgan fingerprint density at radius 3 is 2.47 bits per heavy atom. The Hall–Kier alpha value is -4.25. The minimum absolute atomic E-state index is 0.0205. The van der Waals surface area contributed by atoms with E-state index >= 15 is 0 Å². The third-order valence-corrected chi connectivity index (χ3v) is 5.57. The molecule has 0 spiro atoms. The first-order chi connectivity index (χ1) is 15.5. The third-order valence-electron chi connectivity index (χ3n) is 5.57. The van der Waals surface area contributed by atoms with E-state index in [9.17, 15) is 14.9 Å². The number of nitriles is 1. The Bertz CT molecular complexity index is 1190. The highest BCUT2D eigenvalue weighted by atomic mass is 16.5. The van der Waals surface area contributed by atoms with Gasteiger partial charge < -0.3 is 19.9 Å². The molecule has 0 saturated carbocycles. The molecular weight excluding hydrogens is 410 g/mol. The Morgan fingerprint density at radius 1 is 1.09 bits per heavy atom.